The molecule has 2 unspecified atom stereocenters. The lowest BCUT2D eigenvalue weighted by atomic mass is 9.93. The maximum Gasteiger partial charge on any atom is 0.326 e. The molecule has 0 fully saturated rings. The molecule has 1 aliphatic rings. The van der Waals surface area contributed by atoms with E-state index in [0.29, 0.717) is 19.5 Å². The maximum atomic E-state index is 12.4. The Morgan fingerprint density at radius 3 is 2.65 bits per heavy atom. The third-order valence-electron chi connectivity index (χ3n) is 3.75. The highest BCUT2D eigenvalue weighted by Crippen LogP contribution is 2.24. The van der Waals surface area contributed by atoms with Crippen molar-refractivity contribution in [3.8, 4) is 0 Å². The molecule has 2 atom stereocenters. The molecule has 0 aromatic heterocycles. The van der Waals surface area contributed by atoms with E-state index >= 15 is 0 Å². The molecular weight excluding hydrogens is 256 g/mol. The molecule has 1 aliphatic heterocycles. The molecule has 2 N–H and O–H groups in total. The number of aliphatic carboxylic acids is 1. The number of carboxylic acids is 1. The van der Waals surface area contributed by atoms with Gasteiger partial charge in [0.2, 0.25) is 5.91 Å². The summed E-state index contributed by atoms with van der Waals surface area (Å²) in [6.45, 7) is 2.74. The third kappa shape index (κ3) is 2.82. The lowest BCUT2D eigenvalue weighted by Gasteiger charge is -2.36. The van der Waals surface area contributed by atoms with E-state index < -0.39 is 12.0 Å². The highest BCUT2D eigenvalue weighted by Gasteiger charge is 2.35. The number of rotatable bonds is 4. The van der Waals surface area contributed by atoms with Crippen molar-refractivity contribution in [3.63, 3.8) is 0 Å². The molecule has 5 nitrogen and oxygen atoms in total. The van der Waals surface area contributed by atoms with Crippen LogP contribution in [0.25, 0.3) is 0 Å². The van der Waals surface area contributed by atoms with Gasteiger partial charge in [-0.05, 0) is 18.2 Å². The van der Waals surface area contributed by atoms with Crippen molar-refractivity contribution >= 4 is 11.9 Å². The van der Waals surface area contributed by atoms with Gasteiger partial charge in [-0.15, -0.1) is 0 Å². The number of hydrogen-bond acceptors (Lipinski definition) is 3. The van der Waals surface area contributed by atoms with Gasteiger partial charge in [0.25, 0.3) is 0 Å². The second-order valence-corrected chi connectivity index (χ2v) is 5.25. The fourth-order valence-electron chi connectivity index (χ4n) is 2.65. The van der Waals surface area contributed by atoms with E-state index in [4.69, 9.17) is 0 Å². The average molecular weight is 276 g/mol. The van der Waals surface area contributed by atoms with Gasteiger partial charge in [-0.2, -0.15) is 0 Å². The third-order valence-corrected chi connectivity index (χ3v) is 3.75. The van der Waals surface area contributed by atoms with E-state index in [2.05, 4.69) is 5.32 Å². The molecule has 0 aliphatic carbocycles. The predicted octanol–water partition coefficient (Wildman–Crippen LogP) is 0.880. The molecule has 1 heterocycles. The van der Waals surface area contributed by atoms with Gasteiger partial charge in [-0.25, -0.2) is 4.79 Å². The summed E-state index contributed by atoms with van der Waals surface area (Å²) < 4.78 is 0. The van der Waals surface area contributed by atoms with Crippen LogP contribution in [0, 0.1) is 5.92 Å². The van der Waals surface area contributed by atoms with E-state index in [-0.39, 0.29) is 11.8 Å². The van der Waals surface area contributed by atoms with Crippen molar-refractivity contribution in [1.29, 1.82) is 0 Å². The number of carbonyl (C=O) groups is 2. The van der Waals surface area contributed by atoms with Crippen LogP contribution in [0.15, 0.2) is 24.3 Å². The molecule has 0 saturated carbocycles. The second-order valence-electron chi connectivity index (χ2n) is 5.25. The van der Waals surface area contributed by atoms with Gasteiger partial charge in [-0.1, -0.05) is 31.2 Å². The fraction of sp³-hybridized carbons (Fsp3) is 0.467. The minimum atomic E-state index is -0.940. The zero-order valence-electron chi connectivity index (χ0n) is 11.8. The number of amides is 1. The number of nitrogens with one attached hydrogen (secondary N) is 1. The topological polar surface area (TPSA) is 69.6 Å². The highest BCUT2D eigenvalue weighted by molar-refractivity contribution is 5.85. The molecule has 1 aromatic carbocycles. The summed E-state index contributed by atoms with van der Waals surface area (Å²) in [5.41, 5.74) is 2.06. The first-order valence-corrected chi connectivity index (χ1v) is 6.79. The zero-order valence-corrected chi connectivity index (χ0v) is 11.8. The van der Waals surface area contributed by atoms with Crippen LogP contribution < -0.4 is 5.32 Å². The maximum absolute atomic E-state index is 12.4. The fourth-order valence-corrected chi connectivity index (χ4v) is 2.65. The van der Waals surface area contributed by atoms with Gasteiger partial charge in [0.1, 0.15) is 6.04 Å². The number of benzene rings is 1. The highest BCUT2D eigenvalue weighted by atomic mass is 16.4. The minimum Gasteiger partial charge on any atom is -0.480 e. The number of fused-ring (bicyclic) bond motifs is 1. The van der Waals surface area contributed by atoms with Gasteiger partial charge in [0.05, 0.1) is 0 Å². The quantitative estimate of drug-likeness (QED) is 0.856. The first-order valence-electron chi connectivity index (χ1n) is 6.79. The van der Waals surface area contributed by atoms with Crippen molar-refractivity contribution in [2.75, 3.05) is 13.6 Å². The van der Waals surface area contributed by atoms with Gasteiger partial charge < -0.3 is 15.3 Å². The number of carbonyl (C=O) groups excluding carboxylic acids is 1. The standard InChI is InChI=1S/C15H20N2O3/c1-10(8-16-2)14(18)17-9-12-6-4-3-5-11(12)7-13(17)15(19)20/h3-6,10,13,16H,7-9H2,1-2H3,(H,19,20). The summed E-state index contributed by atoms with van der Waals surface area (Å²) in [7, 11) is 1.78. The van der Waals surface area contributed by atoms with Crippen LogP contribution in [-0.4, -0.2) is 41.5 Å². The zero-order chi connectivity index (χ0) is 14.7. The van der Waals surface area contributed by atoms with Crippen LogP contribution in [0.5, 0.6) is 0 Å². The monoisotopic (exact) mass is 276 g/mol. The molecule has 1 aromatic rings. The first-order chi connectivity index (χ1) is 9.54. The minimum absolute atomic E-state index is 0.110. The number of hydrogen-bond donors (Lipinski definition) is 2. The molecule has 108 valence electrons. The normalized spacial score (nSPS) is 19.3. The van der Waals surface area contributed by atoms with Gasteiger partial charge in [0.15, 0.2) is 0 Å². The molecule has 2 rings (SSSR count). The van der Waals surface area contributed by atoms with E-state index in [1.165, 1.54) is 4.90 Å². The number of carboxylic acid groups (broad SMARTS) is 1. The Morgan fingerprint density at radius 2 is 2.05 bits per heavy atom. The number of nitrogens with zero attached hydrogens (tertiary/aromatic N) is 1. The summed E-state index contributed by atoms with van der Waals surface area (Å²) >= 11 is 0. The summed E-state index contributed by atoms with van der Waals surface area (Å²) in [4.78, 5) is 25.4. The molecule has 0 bridgehead atoms. The largest absolute Gasteiger partial charge is 0.480 e. The van der Waals surface area contributed by atoms with E-state index in [9.17, 15) is 14.7 Å². The molecule has 0 saturated heterocycles. The van der Waals surface area contributed by atoms with E-state index in [1.54, 1.807) is 7.05 Å². The lowest BCUT2D eigenvalue weighted by Crippen LogP contribution is -2.51. The van der Waals surface area contributed by atoms with Crippen LogP contribution in [0.4, 0.5) is 0 Å². The smallest absolute Gasteiger partial charge is 0.326 e. The average Bonchev–Trinajstić information content (AvgIpc) is 2.45. The van der Waals surface area contributed by atoms with Crippen LogP contribution in [0.2, 0.25) is 0 Å². The molecule has 0 spiro atoms. The molecule has 20 heavy (non-hydrogen) atoms. The Bertz CT molecular complexity index is 516. The van der Waals surface area contributed by atoms with Gasteiger partial charge >= 0.3 is 5.97 Å². The first kappa shape index (κ1) is 14.5. The Kier molecular flexibility index (Phi) is 4.39. The second kappa shape index (κ2) is 6.05. The van der Waals surface area contributed by atoms with Gasteiger partial charge in [-0.3, -0.25) is 4.79 Å². The van der Waals surface area contributed by atoms with Crippen molar-refractivity contribution < 1.29 is 14.7 Å². The predicted molar refractivity (Wildman–Crippen MR) is 75.2 cm³/mol. The van der Waals surface area contributed by atoms with Crippen molar-refractivity contribution in [2.24, 2.45) is 5.92 Å². The Hall–Kier alpha value is -1.88. The van der Waals surface area contributed by atoms with Crippen LogP contribution >= 0.6 is 0 Å². The van der Waals surface area contributed by atoms with Crippen molar-refractivity contribution in [3.05, 3.63) is 35.4 Å². The Labute approximate surface area is 118 Å². The Balaban J connectivity index is 2.26. The summed E-state index contributed by atoms with van der Waals surface area (Å²) in [5.74, 6) is -1.28. The van der Waals surface area contributed by atoms with Crippen molar-refractivity contribution in [2.45, 2.75) is 25.9 Å². The SMILES string of the molecule is CNCC(C)C(=O)N1Cc2ccccc2CC1C(=O)O. The molecule has 0 radical (unpaired) electrons. The summed E-state index contributed by atoms with van der Waals surface area (Å²) in [5, 5.41) is 12.3. The molecule has 5 heteroatoms. The Morgan fingerprint density at radius 1 is 1.40 bits per heavy atom. The van der Waals surface area contributed by atoms with Crippen LogP contribution in [0.1, 0.15) is 18.1 Å². The van der Waals surface area contributed by atoms with Crippen LogP contribution in [-0.2, 0) is 22.6 Å². The molecular formula is C15H20N2O3. The molecule has 1 amide bonds. The lowest BCUT2D eigenvalue weighted by molar-refractivity contribution is -0.153. The van der Waals surface area contributed by atoms with Gasteiger partial charge in [0, 0.05) is 25.4 Å². The summed E-state index contributed by atoms with van der Waals surface area (Å²) in [6.07, 6.45) is 0.378. The van der Waals surface area contributed by atoms with E-state index in [0.717, 1.165) is 11.1 Å². The van der Waals surface area contributed by atoms with E-state index in [1.807, 2.05) is 31.2 Å². The van der Waals surface area contributed by atoms with Crippen LogP contribution in [0.3, 0.4) is 0 Å². The summed E-state index contributed by atoms with van der Waals surface area (Å²) in [6, 6.07) is 6.94. The van der Waals surface area contributed by atoms with Crippen molar-refractivity contribution in [1.82, 2.24) is 10.2 Å².